The third-order valence-electron chi connectivity index (χ3n) is 3.75. The van der Waals surface area contributed by atoms with Gasteiger partial charge < -0.3 is 10.0 Å². The van der Waals surface area contributed by atoms with Crippen LogP contribution >= 0.6 is 11.3 Å². The molecule has 1 N–H and O–H groups in total. The Kier molecular flexibility index (Phi) is 5.12. The molecule has 0 bridgehead atoms. The molecular formula is C13H23N3OS. The van der Waals surface area contributed by atoms with E-state index in [1.54, 1.807) is 11.3 Å². The van der Waals surface area contributed by atoms with Crippen LogP contribution in [0.3, 0.4) is 0 Å². The molecule has 0 aromatic carbocycles. The van der Waals surface area contributed by atoms with E-state index in [4.69, 9.17) is 0 Å². The number of rotatable bonds is 4. The number of thiazole rings is 1. The third kappa shape index (κ3) is 3.75. The summed E-state index contributed by atoms with van der Waals surface area (Å²) < 4.78 is 0. The summed E-state index contributed by atoms with van der Waals surface area (Å²) in [7, 11) is 4.29. The van der Waals surface area contributed by atoms with Gasteiger partial charge in [-0.2, -0.15) is 0 Å². The fraction of sp³-hybridized carbons (Fsp3) is 0.769. The molecular weight excluding hydrogens is 246 g/mol. The smallest absolute Gasteiger partial charge is 0.0795 e. The first-order valence-electron chi connectivity index (χ1n) is 6.55. The zero-order valence-corrected chi connectivity index (χ0v) is 12.1. The zero-order valence-electron chi connectivity index (χ0n) is 11.2. The Balaban J connectivity index is 2.00. The predicted molar refractivity (Wildman–Crippen MR) is 74.7 cm³/mol. The van der Waals surface area contributed by atoms with Gasteiger partial charge in [0.2, 0.25) is 0 Å². The molecule has 5 heteroatoms. The minimum atomic E-state index is 0.299. The molecule has 1 aliphatic rings. The van der Waals surface area contributed by atoms with Crippen LogP contribution in [-0.4, -0.2) is 59.7 Å². The van der Waals surface area contributed by atoms with Crippen molar-refractivity contribution in [2.45, 2.75) is 25.4 Å². The quantitative estimate of drug-likeness (QED) is 0.894. The molecule has 1 aliphatic heterocycles. The average Bonchev–Trinajstić information content (AvgIpc) is 2.75. The lowest BCUT2D eigenvalue weighted by Crippen LogP contribution is -2.39. The summed E-state index contributed by atoms with van der Waals surface area (Å²) in [5.41, 5.74) is 3.04. The van der Waals surface area contributed by atoms with E-state index in [0.717, 1.165) is 31.7 Å². The Morgan fingerprint density at radius 3 is 2.89 bits per heavy atom. The molecule has 0 amide bonds. The van der Waals surface area contributed by atoms with Gasteiger partial charge in [0.1, 0.15) is 0 Å². The molecule has 0 saturated carbocycles. The van der Waals surface area contributed by atoms with Gasteiger partial charge in [-0.3, -0.25) is 4.90 Å². The minimum absolute atomic E-state index is 0.299. The van der Waals surface area contributed by atoms with Gasteiger partial charge in [0.05, 0.1) is 11.2 Å². The summed E-state index contributed by atoms with van der Waals surface area (Å²) in [6.45, 7) is 3.26. The second-order valence-electron chi connectivity index (χ2n) is 5.42. The van der Waals surface area contributed by atoms with Gasteiger partial charge in [-0.15, -0.1) is 11.3 Å². The monoisotopic (exact) mass is 269 g/mol. The Bertz CT molecular complexity index is 342. The summed E-state index contributed by atoms with van der Waals surface area (Å²) in [5.74, 6) is 0.411. The second-order valence-corrected chi connectivity index (χ2v) is 6.14. The predicted octanol–water partition coefficient (Wildman–Crippen LogP) is 1.28. The Morgan fingerprint density at radius 2 is 2.28 bits per heavy atom. The maximum Gasteiger partial charge on any atom is 0.0795 e. The van der Waals surface area contributed by atoms with Crippen LogP contribution in [0.4, 0.5) is 0 Å². The molecule has 0 unspecified atom stereocenters. The summed E-state index contributed by atoms with van der Waals surface area (Å²) >= 11 is 1.65. The number of aromatic nitrogens is 1. The number of hydrogen-bond donors (Lipinski definition) is 1. The normalized spacial score (nSPS) is 26.4. The van der Waals surface area contributed by atoms with Gasteiger partial charge >= 0.3 is 0 Å². The molecule has 2 rings (SSSR count). The molecule has 2 atom stereocenters. The lowest BCUT2D eigenvalue weighted by Gasteiger charge is -2.28. The van der Waals surface area contributed by atoms with Crippen LogP contribution in [0.2, 0.25) is 0 Å². The first-order chi connectivity index (χ1) is 8.69. The van der Waals surface area contributed by atoms with E-state index in [0.29, 0.717) is 18.6 Å². The van der Waals surface area contributed by atoms with Crippen molar-refractivity contribution >= 4 is 11.3 Å². The van der Waals surface area contributed by atoms with E-state index in [1.807, 2.05) is 5.51 Å². The highest BCUT2D eigenvalue weighted by Crippen LogP contribution is 2.20. The second kappa shape index (κ2) is 6.61. The topological polar surface area (TPSA) is 39.6 Å². The molecule has 2 heterocycles. The Hall–Kier alpha value is -0.490. The van der Waals surface area contributed by atoms with Gasteiger partial charge in [-0.1, -0.05) is 0 Å². The van der Waals surface area contributed by atoms with Crippen LogP contribution in [0, 0.1) is 5.92 Å². The van der Waals surface area contributed by atoms with Crippen molar-refractivity contribution in [2.24, 2.45) is 5.92 Å². The number of likely N-dealkylation sites (tertiary alicyclic amines) is 1. The summed E-state index contributed by atoms with van der Waals surface area (Å²) in [4.78, 5) is 9.10. The van der Waals surface area contributed by atoms with Gasteiger partial charge in [0.15, 0.2) is 0 Å². The van der Waals surface area contributed by atoms with Crippen LogP contribution in [-0.2, 0) is 6.54 Å². The summed E-state index contributed by atoms with van der Waals surface area (Å²) in [5, 5.41) is 11.5. The lowest BCUT2D eigenvalue weighted by atomic mass is 10.0. The van der Waals surface area contributed by atoms with E-state index in [9.17, 15) is 5.11 Å². The van der Waals surface area contributed by atoms with Crippen LogP contribution in [0.5, 0.6) is 0 Å². The fourth-order valence-electron chi connectivity index (χ4n) is 2.59. The van der Waals surface area contributed by atoms with E-state index in [2.05, 4.69) is 34.3 Å². The SMILES string of the molecule is CN(C)[C@@H]1CC[C@H](CO)CN(Cc2cscn2)C1. The largest absolute Gasteiger partial charge is 0.396 e. The number of aliphatic hydroxyl groups excluding tert-OH is 1. The first-order valence-corrected chi connectivity index (χ1v) is 7.50. The van der Waals surface area contributed by atoms with Crippen molar-refractivity contribution in [2.75, 3.05) is 33.8 Å². The minimum Gasteiger partial charge on any atom is -0.396 e. The highest BCUT2D eigenvalue weighted by molar-refractivity contribution is 7.07. The number of likely N-dealkylation sites (N-methyl/N-ethyl adjacent to an activating group) is 1. The van der Waals surface area contributed by atoms with Crippen LogP contribution in [0.15, 0.2) is 10.9 Å². The Morgan fingerprint density at radius 1 is 1.44 bits per heavy atom. The molecule has 0 radical (unpaired) electrons. The van der Waals surface area contributed by atoms with Crippen molar-refractivity contribution in [1.29, 1.82) is 0 Å². The van der Waals surface area contributed by atoms with Crippen LogP contribution in [0.25, 0.3) is 0 Å². The van der Waals surface area contributed by atoms with E-state index < -0.39 is 0 Å². The fourth-order valence-corrected chi connectivity index (χ4v) is 3.14. The Labute approximate surface area is 113 Å². The van der Waals surface area contributed by atoms with E-state index in [-0.39, 0.29) is 0 Å². The molecule has 102 valence electrons. The van der Waals surface area contributed by atoms with Crippen LogP contribution < -0.4 is 0 Å². The zero-order chi connectivity index (χ0) is 13.0. The molecule has 0 spiro atoms. The van der Waals surface area contributed by atoms with Gasteiger partial charge in [0, 0.05) is 37.7 Å². The molecule has 1 aromatic heterocycles. The number of nitrogens with zero attached hydrogens (tertiary/aromatic N) is 3. The first kappa shape index (κ1) is 13.9. The van der Waals surface area contributed by atoms with Crippen molar-refractivity contribution in [3.05, 3.63) is 16.6 Å². The average molecular weight is 269 g/mol. The van der Waals surface area contributed by atoms with Gasteiger partial charge in [0.25, 0.3) is 0 Å². The highest BCUT2D eigenvalue weighted by atomic mass is 32.1. The summed E-state index contributed by atoms with van der Waals surface area (Å²) in [6, 6.07) is 0.584. The summed E-state index contributed by atoms with van der Waals surface area (Å²) in [6.07, 6.45) is 2.29. The van der Waals surface area contributed by atoms with Gasteiger partial charge in [-0.25, -0.2) is 4.98 Å². The van der Waals surface area contributed by atoms with E-state index >= 15 is 0 Å². The van der Waals surface area contributed by atoms with Crippen LogP contribution in [0.1, 0.15) is 18.5 Å². The van der Waals surface area contributed by atoms with Crippen molar-refractivity contribution in [1.82, 2.24) is 14.8 Å². The van der Waals surface area contributed by atoms with Gasteiger partial charge in [-0.05, 0) is 32.9 Å². The standard InChI is InChI=1S/C13H23N3OS/c1-15(2)13-4-3-11(8-17)5-16(7-13)6-12-9-18-10-14-12/h9-11,13,17H,3-8H2,1-2H3/t11-,13+/m0/s1. The number of hydrogen-bond acceptors (Lipinski definition) is 5. The molecule has 1 saturated heterocycles. The van der Waals surface area contributed by atoms with E-state index in [1.165, 1.54) is 6.42 Å². The maximum atomic E-state index is 9.43. The molecule has 1 aromatic rings. The number of aliphatic hydroxyl groups is 1. The molecule has 0 aliphatic carbocycles. The highest BCUT2D eigenvalue weighted by Gasteiger charge is 2.25. The van der Waals surface area contributed by atoms with Crippen molar-refractivity contribution in [3.8, 4) is 0 Å². The van der Waals surface area contributed by atoms with Crippen molar-refractivity contribution < 1.29 is 5.11 Å². The van der Waals surface area contributed by atoms with Crippen molar-refractivity contribution in [3.63, 3.8) is 0 Å². The lowest BCUT2D eigenvalue weighted by molar-refractivity contribution is 0.157. The molecule has 1 fully saturated rings. The molecule has 4 nitrogen and oxygen atoms in total. The maximum absolute atomic E-state index is 9.43. The third-order valence-corrected chi connectivity index (χ3v) is 4.39. The molecule has 18 heavy (non-hydrogen) atoms.